The normalized spacial score (nSPS) is 11.8. The van der Waals surface area contributed by atoms with E-state index < -0.39 is 0 Å². The molecule has 0 radical (unpaired) electrons. The number of amides is 1. The van der Waals surface area contributed by atoms with Gasteiger partial charge >= 0.3 is 0 Å². The van der Waals surface area contributed by atoms with Crippen LogP contribution >= 0.6 is 15.9 Å². The summed E-state index contributed by atoms with van der Waals surface area (Å²) in [6, 6.07) is 15.7. The molecule has 2 rings (SSSR count). The summed E-state index contributed by atoms with van der Waals surface area (Å²) in [6.45, 7) is 4.94. The van der Waals surface area contributed by atoms with Crippen molar-refractivity contribution in [1.82, 2.24) is 5.32 Å². The molecule has 2 aromatic rings. The molecule has 4 nitrogen and oxygen atoms in total. The predicted octanol–water partition coefficient (Wildman–Crippen LogP) is 4.53. The Hall–Kier alpha value is -1.85. The summed E-state index contributed by atoms with van der Waals surface area (Å²) < 4.78 is 6.44. The number of carbonyl (C=O) groups excluding carboxylic acids is 1. The molecule has 0 saturated heterocycles. The summed E-state index contributed by atoms with van der Waals surface area (Å²) in [7, 11) is 0. The first-order valence-corrected chi connectivity index (χ1v) is 8.93. The van der Waals surface area contributed by atoms with Crippen molar-refractivity contribution in [3.63, 3.8) is 0 Å². The molecule has 0 heterocycles. The number of hydrogen-bond acceptors (Lipinski definition) is 3. The highest BCUT2D eigenvalue weighted by atomic mass is 79.9. The van der Waals surface area contributed by atoms with Crippen molar-refractivity contribution in [3.05, 3.63) is 58.6 Å². The van der Waals surface area contributed by atoms with E-state index in [9.17, 15) is 4.79 Å². The van der Waals surface area contributed by atoms with E-state index in [1.54, 1.807) is 0 Å². The molecule has 0 bridgehead atoms. The first-order chi connectivity index (χ1) is 11.6. The third kappa shape index (κ3) is 5.65. The van der Waals surface area contributed by atoms with Gasteiger partial charge in [0.15, 0.2) is 0 Å². The van der Waals surface area contributed by atoms with Crippen molar-refractivity contribution in [2.24, 2.45) is 0 Å². The first-order valence-electron chi connectivity index (χ1n) is 8.14. The standard InChI is InChI=1S/C19H23BrN2O2/c1-3-18(14-5-7-15(20)8-6-14)21-13-19(23)22-16-9-11-17(12-10-16)24-4-2/h5-12,18,21H,3-4,13H2,1-2H3,(H,22,23)/t18-/m0/s1. The summed E-state index contributed by atoms with van der Waals surface area (Å²) in [5, 5.41) is 6.19. The maximum atomic E-state index is 12.1. The van der Waals surface area contributed by atoms with Gasteiger partial charge in [-0.15, -0.1) is 0 Å². The van der Waals surface area contributed by atoms with Gasteiger partial charge in [0.05, 0.1) is 13.2 Å². The molecule has 0 spiro atoms. The van der Waals surface area contributed by atoms with Crippen LogP contribution in [-0.4, -0.2) is 19.1 Å². The van der Waals surface area contributed by atoms with Crippen LogP contribution in [-0.2, 0) is 4.79 Å². The third-order valence-electron chi connectivity index (χ3n) is 3.64. The zero-order chi connectivity index (χ0) is 17.4. The second-order valence-electron chi connectivity index (χ2n) is 5.40. The Morgan fingerprint density at radius 2 is 1.75 bits per heavy atom. The van der Waals surface area contributed by atoms with Gasteiger partial charge < -0.3 is 15.4 Å². The fourth-order valence-electron chi connectivity index (χ4n) is 2.42. The predicted molar refractivity (Wildman–Crippen MR) is 101 cm³/mol. The van der Waals surface area contributed by atoms with Crippen molar-refractivity contribution in [3.8, 4) is 5.75 Å². The Bertz CT molecular complexity index is 641. The lowest BCUT2D eigenvalue weighted by molar-refractivity contribution is -0.115. The molecule has 1 atom stereocenters. The molecule has 0 aliphatic carbocycles. The van der Waals surface area contributed by atoms with E-state index in [0.717, 1.165) is 22.3 Å². The van der Waals surface area contributed by atoms with Gasteiger partial charge in [0.25, 0.3) is 0 Å². The van der Waals surface area contributed by atoms with Crippen LogP contribution in [0.2, 0.25) is 0 Å². The number of benzene rings is 2. The Balaban J connectivity index is 1.86. The molecule has 0 unspecified atom stereocenters. The zero-order valence-corrected chi connectivity index (χ0v) is 15.6. The second-order valence-corrected chi connectivity index (χ2v) is 6.31. The van der Waals surface area contributed by atoms with Gasteiger partial charge in [0.2, 0.25) is 5.91 Å². The summed E-state index contributed by atoms with van der Waals surface area (Å²) >= 11 is 3.44. The Morgan fingerprint density at radius 3 is 2.33 bits per heavy atom. The van der Waals surface area contributed by atoms with Gasteiger partial charge in [-0.3, -0.25) is 4.79 Å². The molecule has 2 N–H and O–H groups in total. The number of hydrogen-bond donors (Lipinski definition) is 2. The van der Waals surface area contributed by atoms with E-state index in [-0.39, 0.29) is 18.5 Å². The molecule has 0 fully saturated rings. The fourth-order valence-corrected chi connectivity index (χ4v) is 2.68. The van der Waals surface area contributed by atoms with Crippen LogP contribution in [0.3, 0.4) is 0 Å². The minimum atomic E-state index is -0.0604. The Morgan fingerprint density at radius 1 is 1.08 bits per heavy atom. The van der Waals surface area contributed by atoms with Crippen molar-refractivity contribution in [1.29, 1.82) is 0 Å². The maximum absolute atomic E-state index is 12.1. The van der Waals surface area contributed by atoms with E-state index in [1.807, 2.05) is 43.3 Å². The van der Waals surface area contributed by atoms with Crippen molar-refractivity contribution >= 4 is 27.5 Å². The zero-order valence-electron chi connectivity index (χ0n) is 14.0. The van der Waals surface area contributed by atoms with Gasteiger partial charge in [-0.05, 0) is 55.3 Å². The lowest BCUT2D eigenvalue weighted by Gasteiger charge is -2.17. The summed E-state index contributed by atoms with van der Waals surface area (Å²) in [5.74, 6) is 0.740. The molecule has 0 aromatic heterocycles. The van der Waals surface area contributed by atoms with E-state index >= 15 is 0 Å². The SMILES string of the molecule is CCOc1ccc(NC(=O)CN[C@@H](CC)c2ccc(Br)cc2)cc1. The molecule has 0 aliphatic rings. The Kier molecular flexibility index (Phi) is 7.28. The van der Waals surface area contributed by atoms with Gasteiger partial charge in [0.1, 0.15) is 5.75 Å². The van der Waals surface area contributed by atoms with Crippen molar-refractivity contribution < 1.29 is 9.53 Å². The topological polar surface area (TPSA) is 50.4 Å². The first kappa shape index (κ1) is 18.5. The maximum Gasteiger partial charge on any atom is 0.238 e. The lowest BCUT2D eigenvalue weighted by atomic mass is 10.0. The van der Waals surface area contributed by atoms with Gasteiger partial charge in [-0.2, -0.15) is 0 Å². The molecular weight excluding hydrogens is 368 g/mol. The van der Waals surface area contributed by atoms with Gasteiger partial charge in [0, 0.05) is 16.2 Å². The van der Waals surface area contributed by atoms with Crippen LogP contribution in [0.5, 0.6) is 5.75 Å². The van der Waals surface area contributed by atoms with E-state index in [0.29, 0.717) is 6.61 Å². The fraction of sp³-hybridized carbons (Fsp3) is 0.316. The molecular formula is C19H23BrN2O2. The van der Waals surface area contributed by atoms with Crippen molar-refractivity contribution in [2.45, 2.75) is 26.3 Å². The Labute approximate surface area is 151 Å². The summed E-state index contributed by atoms with van der Waals surface area (Å²) in [6.07, 6.45) is 0.915. The minimum absolute atomic E-state index is 0.0604. The average molecular weight is 391 g/mol. The van der Waals surface area contributed by atoms with Gasteiger partial charge in [-0.25, -0.2) is 0 Å². The number of halogens is 1. The minimum Gasteiger partial charge on any atom is -0.494 e. The highest BCUT2D eigenvalue weighted by molar-refractivity contribution is 9.10. The third-order valence-corrected chi connectivity index (χ3v) is 4.17. The molecule has 1 amide bonds. The van der Waals surface area contributed by atoms with Crippen LogP contribution in [0.1, 0.15) is 31.9 Å². The average Bonchev–Trinajstić information content (AvgIpc) is 2.59. The molecule has 0 aliphatic heterocycles. The van der Waals surface area contributed by atoms with Crippen LogP contribution < -0.4 is 15.4 Å². The van der Waals surface area contributed by atoms with E-state index in [4.69, 9.17) is 4.74 Å². The summed E-state index contributed by atoms with van der Waals surface area (Å²) in [5.41, 5.74) is 1.94. The largest absolute Gasteiger partial charge is 0.494 e. The number of carbonyl (C=O) groups is 1. The van der Waals surface area contributed by atoms with Crippen LogP contribution in [0.25, 0.3) is 0 Å². The number of anilines is 1. The number of ether oxygens (including phenoxy) is 1. The van der Waals surface area contributed by atoms with Crippen molar-refractivity contribution in [2.75, 3.05) is 18.5 Å². The number of nitrogens with one attached hydrogen (secondary N) is 2. The molecule has 0 saturated carbocycles. The van der Waals surface area contributed by atoms with Crippen LogP contribution in [0.15, 0.2) is 53.0 Å². The molecule has 128 valence electrons. The lowest BCUT2D eigenvalue weighted by Crippen LogP contribution is -2.31. The van der Waals surface area contributed by atoms with Crippen LogP contribution in [0, 0.1) is 0 Å². The molecule has 24 heavy (non-hydrogen) atoms. The highest BCUT2D eigenvalue weighted by Gasteiger charge is 2.11. The second kappa shape index (κ2) is 9.45. The van der Waals surface area contributed by atoms with Crippen LogP contribution in [0.4, 0.5) is 5.69 Å². The van der Waals surface area contributed by atoms with Gasteiger partial charge in [-0.1, -0.05) is 35.0 Å². The highest BCUT2D eigenvalue weighted by Crippen LogP contribution is 2.19. The quantitative estimate of drug-likeness (QED) is 0.695. The monoisotopic (exact) mass is 390 g/mol. The molecule has 5 heteroatoms. The van der Waals surface area contributed by atoms with E-state index in [1.165, 1.54) is 5.56 Å². The van der Waals surface area contributed by atoms with E-state index in [2.05, 4.69) is 45.6 Å². The summed E-state index contributed by atoms with van der Waals surface area (Å²) in [4.78, 5) is 12.1. The molecule has 2 aromatic carbocycles. The smallest absolute Gasteiger partial charge is 0.238 e. The number of rotatable bonds is 8.